The molecule has 0 amide bonds. The maximum atomic E-state index is 5.39. The molecule has 8 heteroatoms. The highest BCUT2D eigenvalue weighted by Gasteiger charge is 2.15. The molecule has 0 N–H and O–H groups in total. The molecule has 0 saturated carbocycles. The van der Waals surface area contributed by atoms with E-state index < -0.39 is 0 Å². The number of fused-ring (bicyclic) bond motifs is 1. The molecule has 0 aliphatic carbocycles. The highest BCUT2D eigenvalue weighted by atomic mass is 79.9. The summed E-state index contributed by atoms with van der Waals surface area (Å²) < 4.78 is 8.07. The Morgan fingerprint density at radius 1 is 1.21 bits per heavy atom. The molecule has 0 aliphatic heterocycles. The normalized spacial score (nSPS) is 11.5. The maximum absolute atomic E-state index is 5.39. The van der Waals surface area contributed by atoms with Crippen LogP contribution in [-0.4, -0.2) is 30.1 Å². The fourth-order valence-electron chi connectivity index (χ4n) is 2.39. The molecule has 0 unspecified atom stereocenters. The quantitative estimate of drug-likeness (QED) is 0.532. The molecule has 24 heavy (non-hydrogen) atoms. The predicted octanol–water partition coefficient (Wildman–Crippen LogP) is 3.89. The summed E-state index contributed by atoms with van der Waals surface area (Å²) in [4.78, 5) is 8.90. The summed E-state index contributed by atoms with van der Waals surface area (Å²) in [6.07, 6.45) is 1.70. The van der Waals surface area contributed by atoms with E-state index in [1.165, 1.54) is 0 Å². The van der Waals surface area contributed by atoms with Crippen LogP contribution in [0.1, 0.15) is 19.9 Å². The molecule has 4 aromatic rings. The van der Waals surface area contributed by atoms with Gasteiger partial charge in [-0.2, -0.15) is 4.98 Å². The molecule has 0 fully saturated rings. The predicted molar refractivity (Wildman–Crippen MR) is 92.1 cm³/mol. The Hall–Kier alpha value is -2.61. The van der Waals surface area contributed by atoms with Crippen LogP contribution in [0.25, 0.3) is 34.0 Å². The van der Waals surface area contributed by atoms with Crippen molar-refractivity contribution in [2.45, 2.75) is 19.9 Å². The molecule has 0 radical (unpaired) electrons. The molecule has 7 nitrogen and oxygen atoms in total. The minimum Gasteiger partial charge on any atom is -0.334 e. The van der Waals surface area contributed by atoms with E-state index in [4.69, 9.17) is 4.52 Å². The average Bonchev–Trinajstić information content (AvgIpc) is 3.21. The Labute approximate surface area is 145 Å². The standard InChI is InChI=1S/C16H13BrN6O/c1-9(2)23-15-13(20-22-23)7-10(8-18-15)16-19-14(21-24-16)11-5-3-4-6-12(11)17/h3-9H,1-2H3. The van der Waals surface area contributed by atoms with E-state index in [2.05, 4.69) is 41.4 Å². The second kappa shape index (κ2) is 5.79. The first-order valence-corrected chi connectivity index (χ1v) is 8.22. The van der Waals surface area contributed by atoms with Crippen molar-refractivity contribution in [3.05, 3.63) is 41.0 Å². The molecule has 120 valence electrons. The molecule has 0 atom stereocenters. The van der Waals surface area contributed by atoms with Gasteiger partial charge in [0, 0.05) is 16.2 Å². The number of nitrogens with zero attached hydrogens (tertiary/aromatic N) is 6. The van der Waals surface area contributed by atoms with Gasteiger partial charge in [-0.3, -0.25) is 0 Å². The van der Waals surface area contributed by atoms with Gasteiger partial charge in [0.1, 0.15) is 5.52 Å². The fraction of sp³-hybridized carbons (Fsp3) is 0.188. The lowest BCUT2D eigenvalue weighted by molar-refractivity contribution is 0.432. The smallest absolute Gasteiger partial charge is 0.259 e. The third-order valence-electron chi connectivity index (χ3n) is 3.59. The molecule has 3 aromatic heterocycles. The van der Waals surface area contributed by atoms with Crippen LogP contribution in [0.4, 0.5) is 0 Å². The Balaban J connectivity index is 1.75. The number of rotatable bonds is 3. The molecule has 0 bridgehead atoms. The number of halogens is 1. The van der Waals surface area contributed by atoms with E-state index in [9.17, 15) is 0 Å². The van der Waals surface area contributed by atoms with E-state index in [0.29, 0.717) is 22.8 Å². The second-order valence-electron chi connectivity index (χ2n) is 5.60. The zero-order valence-electron chi connectivity index (χ0n) is 13.0. The summed E-state index contributed by atoms with van der Waals surface area (Å²) in [6.45, 7) is 4.07. The van der Waals surface area contributed by atoms with Crippen molar-refractivity contribution < 1.29 is 4.52 Å². The van der Waals surface area contributed by atoms with Gasteiger partial charge >= 0.3 is 0 Å². The number of hydrogen-bond donors (Lipinski definition) is 0. The van der Waals surface area contributed by atoms with Gasteiger partial charge in [0.05, 0.1) is 11.6 Å². The molecular weight excluding hydrogens is 372 g/mol. The van der Waals surface area contributed by atoms with E-state index in [1.807, 2.05) is 44.2 Å². The number of hydrogen-bond acceptors (Lipinski definition) is 6. The van der Waals surface area contributed by atoms with Crippen LogP contribution in [0.2, 0.25) is 0 Å². The minimum absolute atomic E-state index is 0.193. The van der Waals surface area contributed by atoms with Crippen molar-refractivity contribution in [1.29, 1.82) is 0 Å². The lowest BCUT2D eigenvalue weighted by Gasteiger charge is -2.03. The highest BCUT2D eigenvalue weighted by molar-refractivity contribution is 9.10. The van der Waals surface area contributed by atoms with E-state index in [0.717, 1.165) is 15.7 Å². The Morgan fingerprint density at radius 3 is 2.83 bits per heavy atom. The number of pyridine rings is 1. The SMILES string of the molecule is CC(C)n1nnc2cc(-c3nc(-c4ccccc4Br)no3)cnc21. The van der Waals surface area contributed by atoms with Crippen molar-refractivity contribution in [1.82, 2.24) is 30.1 Å². The summed E-state index contributed by atoms with van der Waals surface area (Å²) in [6, 6.07) is 9.76. The Morgan fingerprint density at radius 2 is 2.04 bits per heavy atom. The van der Waals surface area contributed by atoms with Crippen LogP contribution in [0.15, 0.2) is 45.5 Å². The number of benzene rings is 1. The van der Waals surface area contributed by atoms with Crippen LogP contribution in [0.3, 0.4) is 0 Å². The second-order valence-corrected chi connectivity index (χ2v) is 6.45. The molecule has 1 aromatic carbocycles. The van der Waals surface area contributed by atoms with Gasteiger partial charge in [-0.05, 0) is 32.0 Å². The maximum Gasteiger partial charge on any atom is 0.259 e. The van der Waals surface area contributed by atoms with Gasteiger partial charge in [0.2, 0.25) is 5.82 Å². The average molecular weight is 385 g/mol. The molecule has 3 heterocycles. The molecule has 0 saturated heterocycles. The first-order valence-electron chi connectivity index (χ1n) is 7.43. The highest BCUT2D eigenvalue weighted by Crippen LogP contribution is 2.28. The summed E-state index contributed by atoms with van der Waals surface area (Å²) >= 11 is 3.49. The van der Waals surface area contributed by atoms with Crippen LogP contribution in [0, 0.1) is 0 Å². The molecule has 0 spiro atoms. The largest absolute Gasteiger partial charge is 0.334 e. The van der Waals surface area contributed by atoms with Crippen LogP contribution >= 0.6 is 15.9 Å². The first kappa shape index (κ1) is 14.9. The van der Waals surface area contributed by atoms with Crippen molar-refractivity contribution in [2.24, 2.45) is 0 Å². The molecule has 4 rings (SSSR count). The van der Waals surface area contributed by atoms with Gasteiger partial charge < -0.3 is 4.52 Å². The number of aromatic nitrogens is 6. The van der Waals surface area contributed by atoms with Gasteiger partial charge in [0.15, 0.2) is 5.65 Å². The molecule has 0 aliphatic rings. The topological polar surface area (TPSA) is 82.5 Å². The summed E-state index contributed by atoms with van der Waals surface area (Å²) in [5.74, 6) is 0.914. The minimum atomic E-state index is 0.193. The lowest BCUT2D eigenvalue weighted by Crippen LogP contribution is -2.03. The first-order chi connectivity index (χ1) is 11.6. The van der Waals surface area contributed by atoms with Crippen LogP contribution < -0.4 is 0 Å². The Bertz CT molecular complexity index is 1020. The van der Waals surface area contributed by atoms with E-state index >= 15 is 0 Å². The van der Waals surface area contributed by atoms with Gasteiger partial charge in [-0.25, -0.2) is 9.67 Å². The third kappa shape index (κ3) is 2.48. The lowest BCUT2D eigenvalue weighted by atomic mass is 10.2. The summed E-state index contributed by atoms with van der Waals surface area (Å²) in [5, 5.41) is 12.3. The van der Waals surface area contributed by atoms with Gasteiger partial charge in [-0.15, -0.1) is 5.10 Å². The summed E-state index contributed by atoms with van der Waals surface area (Å²) in [7, 11) is 0. The van der Waals surface area contributed by atoms with Crippen molar-refractivity contribution in [3.63, 3.8) is 0 Å². The van der Waals surface area contributed by atoms with Crippen LogP contribution in [-0.2, 0) is 0 Å². The van der Waals surface area contributed by atoms with Crippen molar-refractivity contribution in [3.8, 4) is 22.8 Å². The van der Waals surface area contributed by atoms with Gasteiger partial charge in [0.25, 0.3) is 5.89 Å². The Kier molecular flexibility index (Phi) is 3.61. The van der Waals surface area contributed by atoms with Gasteiger partial charge in [-0.1, -0.05) is 38.4 Å². The van der Waals surface area contributed by atoms with Crippen LogP contribution in [0.5, 0.6) is 0 Å². The monoisotopic (exact) mass is 384 g/mol. The molecular formula is C16H13BrN6O. The zero-order chi connectivity index (χ0) is 16.7. The van der Waals surface area contributed by atoms with Crippen molar-refractivity contribution >= 4 is 27.1 Å². The van der Waals surface area contributed by atoms with E-state index in [-0.39, 0.29) is 6.04 Å². The summed E-state index contributed by atoms with van der Waals surface area (Å²) in [5.41, 5.74) is 3.01. The zero-order valence-corrected chi connectivity index (χ0v) is 14.6. The van der Waals surface area contributed by atoms with Crippen molar-refractivity contribution in [2.75, 3.05) is 0 Å². The van der Waals surface area contributed by atoms with E-state index in [1.54, 1.807) is 10.9 Å². The third-order valence-corrected chi connectivity index (χ3v) is 4.28. The fourth-order valence-corrected chi connectivity index (χ4v) is 2.85.